The van der Waals surface area contributed by atoms with Crippen molar-refractivity contribution in [3.05, 3.63) is 5.73 Å². The second-order valence-electron chi connectivity index (χ2n) is 5.20. The minimum absolute atomic E-state index is 0. The summed E-state index contributed by atoms with van der Waals surface area (Å²) in [7, 11) is 0. The first-order valence-electron chi connectivity index (χ1n) is 4.98. The summed E-state index contributed by atoms with van der Waals surface area (Å²) in [6.07, 6.45) is 8.12. The second kappa shape index (κ2) is 6.47. The van der Waals surface area contributed by atoms with Gasteiger partial charge in [0, 0.05) is 0 Å². The summed E-state index contributed by atoms with van der Waals surface area (Å²) < 4.78 is 0. The van der Waals surface area contributed by atoms with Crippen LogP contribution in [0, 0.1) is 17.8 Å². The van der Waals surface area contributed by atoms with E-state index in [9.17, 15) is 0 Å². The fourth-order valence-electron chi connectivity index (χ4n) is 4.11. The Morgan fingerprint density at radius 1 is 0.733 bits per heavy atom. The molecule has 86 valence electrons. The molecule has 15 heavy (non-hydrogen) atoms. The minimum atomic E-state index is 0. The average molecular weight is 304 g/mol. The molecule has 4 aliphatic rings. The molecule has 0 saturated heterocycles. The molecule has 4 rings (SSSR count). The Morgan fingerprint density at radius 2 is 1.00 bits per heavy atom. The van der Waals surface area contributed by atoms with Gasteiger partial charge >= 0.3 is 21.7 Å². The molecule has 1 nitrogen and oxygen atoms in total. The fraction of sp³-hybridized carbons (Fsp3) is 1.00. The van der Waals surface area contributed by atoms with Crippen LogP contribution in [0.5, 0.6) is 0 Å². The van der Waals surface area contributed by atoms with E-state index in [1.807, 2.05) is 0 Å². The van der Waals surface area contributed by atoms with Gasteiger partial charge in [-0.25, -0.2) is 0 Å². The first kappa shape index (κ1) is 18.9. The van der Waals surface area contributed by atoms with Gasteiger partial charge in [0.25, 0.3) is 0 Å². The van der Waals surface area contributed by atoms with Crippen molar-refractivity contribution >= 4 is 0 Å². The molecule has 4 bridgehead atoms. The molecular formula is C10H16Cl3NTi. The van der Waals surface area contributed by atoms with Crippen molar-refractivity contribution in [2.45, 2.75) is 44.1 Å². The smallest absolute Gasteiger partial charge is 1.00 e. The van der Waals surface area contributed by atoms with Crippen LogP contribution in [0.15, 0.2) is 0 Å². The fourth-order valence-corrected chi connectivity index (χ4v) is 4.11. The summed E-state index contributed by atoms with van der Waals surface area (Å²) in [6, 6.07) is 0. The van der Waals surface area contributed by atoms with Crippen LogP contribution >= 0.6 is 0 Å². The van der Waals surface area contributed by atoms with Crippen LogP contribution in [0.4, 0.5) is 0 Å². The molecule has 0 atom stereocenters. The van der Waals surface area contributed by atoms with Gasteiger partial charge in [0.1, 0.15) is 0 Å². The van der Waals surface area contributed by atoms with Gasteiger partial charge in [-0.15, -0.1) is 5.54 Å². The number of hydrogen-bond acceptors (Lipinski definition) is 0. The van der Waals surface area contributed by atoms with E-state index < -0.39 is 0 Å². The molecule has 0 radical (unpaired) electrons. The quantitative estimate of drug-likeness (QED) is 0.398. The molecule has 1 N–H and O–H groups in total. The number of nitrogens with one attached hydrogen (secondary N) is 1. The van der Waals surface area contributed by atoms with Crippen LogP contribution in [0.3, 0.4) is 0 Å². The van der Waals surface area contributed by atoms with Gasteiger partial charge in [0.15, 0.2) is 0 Å². The predicted octanol–water partition coefficient (Wildman–Crippen LogP) is -5.98. The molecule has 0 spiro atoms. The van der Waals surface area contributed by atoms with Gasteiger partial charge in [-0.3, -0.25) is 0 Å². The summed E-state index contributed by atoms with van der Waals surface area (Å²) in [5.74, 6) is 2.87. The largest absolute Gasteiger partial charge is 4.00 e. The predicted molar refractivity (Wildman–Crippen MR) is 45.2 cm³/mol. The minimum Gasteiger partial charge on any atom is -1.00 e. The number of halogens is 3. The summed E-state index contributed by atoms with van der Waals surface area (Å²) in [5, 5.41) is 0. The Balaban J connectivity index is 0. The molecule has 0 aromatic carbocycles. The Labute approximate surface area is 126 Å². The maximum atomic E-state index is 8.21. The molecule has 0 amide bonds. The Bertz CT molecular complexity index is 166. The summed E-state index contributed by atoms with van der Waals surface area (Å²) in [4.78, 5) is 0. The summed E-state index contributed by atoms with van der Waals surface area (Å²) in [5.41, 5.74) is 8.26. The van der Waals surface area contributed by atoms with E-state index in [0.717, 1.165) is 17.8 Å². The van der Waals surface area contributed by atoms with Crippen LogP contribution in [0.25, 0.3) is 5.73 Å². The zero-order chi connectivity index (χ0) is 7.47. The van der Waals surface area contributed by atoms with Gasteiger partial charge in [-0.1, -0.05) is 19.3 Å². The molecule has 5 heteroatoms. The SMILES string of the molecule is [Cl-].[Cl-].[Cl-].[NH-]C12CC3CC(CC(C3)C1)C2.[Ti+4]. The van der Waals surface area contributed by atoms with Crippen LogP contribution < -0.4 is 37.2 Å². The molecule has 4 saturated carbocycles. The molecule has 0 aromatic rings. The zero-order valence-electron chi connectivity index (χ0n) is 8.61. The Hall–Kier alpha value is 1.54. The second-order valence-corrected chi connectivity index (χ2v) is 5.20. The van der Waals surface area contributed by atoms with E-state index in [1.165, 1.54) is 38.5 Å². The van der Waals surface area contributed by atoms with Gasteiger partial charge in [-0.2, -0.15) is 0 Å². The van der Waals surface area contributed by atoms with E-state index in [2.05, 4.69) is 0 Å². The zero-order valence-corrected chi connectivity index (χ0v) is 12.4. The van der Waals surface area contributed by atoms with E-state index in [4.69, 9.17) is 5.73 Å². The Kier molecular flexibility index (Phi) is 8.15. The molecule has 0 heterocycles. The topological polar surface area (TPSA) is 23.8 Å². The number of hydrogen-bond donors (Lipinski definition) is 0. The van der Waals surface area contributed by atoms with Crippen molar-refractivity contribution in [2.75, 3.05) is 0 Å². The van der Waals surface area contributed by atoms with E-state index in [1.54, 1.807) is 0 Å². The standard InChI is InChI=1S/C10H16N.3ClH.Ti/c11-10-4-7-1-8(5-10)3-9(2-7)6-10;;;;/h7-9,11H,1-6H2;3*1H;/q-1;;;;+4/p-3. The third-order valence-electron chi connectivity index (χ3n) is 4.04. The first-order valence-corrected chi connectivity index (χ1v) is 4.98. The summed E-state index contributed by atoms with van der Waals surface area (Å²) in [6.45, 7) is 0. The van der Waals surface area contributed by atoms with E-state index in [0.29, 0.717) is 0 Å². The molecular weight excluding hydrogens is 288 g/mol. The molecule has 0 aliphatic heterocycles. The number of rotatable bonds is 0. The van der Waals surface area contributed by atoms with Gasteiger partial charge in [-0.05, 0) is 37.0 Å². The maximum absolute atomic E-state index is 8.21. The first-order chi connectivity index (χ1) is 5.23. The van der Waals surface area contributed by atoms with Crippen LogP contribution in [0.2, 0.25) is 0 Å². The molecule has 4 aliphatic carbocycles. The van der Waals surface area contributed by atoms with Gasteiger partial charge in [0.05, 0.1) is 0 Å². The Morgan fingerprint density at radius 3 is 1.20 bits per heavy atom. The van der Waals surface area contributed by atoms with Crippen LogP contribution in [-0.4, -0.2) is 5.54 Å². The molecule has 0 unspecified atom stereocenters. The maximum Gasteiger partial charge on any atom is 4.00 e. The van der Waals surface area contributed by atoms with Crippen molar-refractivity contribution < 1.29 is 58.9 Å². The third kappa shape index (κ3) is 3.50. The average Bonchev–Trinajstić information content (AvgIpc) is 1.79. The summed E-state index contributed by atoms with van der Waals surface area (Å²) >= 11 is 0. The van der Waals surface area contributed by atoms with Crippen LogP contribution in [0.1, 0.15) is 38.5 Å². The van der Waals surface area contributed by atoms with Crippen molar-refractivity contribution in [3.8, 4) is 0 Å². The van der Waals surface area contributed by atoms with Crippen molar-refractivity contribution in [1.29, 1.82) is 0 Å². The van der Waals surface area contributed by atoms with Crippen molar-refractivity contribution in [3.63, 3.8) is 0 Å². The van der Waals surface area contributed by atoms with Crippen molar-refractivity contribution in [1.82, 2.24) is 0 Å². The van der Waals surface area contributed by atoms with E-state index in [-0.39, 0.29) is 64.5 Å². The van der Waals surface area contributed by atoms with Gasteiger partial charge < -0.3 is 43.0 Å². The van der Waals surface area contributed by atoms with E-state index >= 15 is 0 Å². The van der Waals surface area contributed by atoms with Gasteiger partial charge in [0.2, 0.25) is 0 Å². The molecule has 4 fully saturated rings. The van der Waals surface area contributed by atoms with Crippen molar-refractivity contribution in [2.24, 2.45) is 17.8 Å². The van der Waals surface area contributed by atoms with Crippen LogP contribution in [-0.2, 0) is 21.7 Å². The monoisotopic (exact) mass is 303 g/mol. The third-order valence-corrected chi connectivity index (χ3v) is 4.04. The molecule has 0 aromatic heterocycles. The normalized spacial score (nSPS) is 44.2.